The first kappa shape index (κ1) is 14.0. The summed E-state index contributed by atoms with van der Waals surface area (Å²) in [5.74, 6) is 1.18. The van der Waals surface area contributed by atoms with E-state index in [0.717, 1.165) is 6.54 Å². The van der Waals surface area contributed by atoms with Gasteiger partial charge < -0.3 is 11.1 Å². The van der Waals surface area contributed by atoms with E-state index < -0.39 is 0 Å². The van der Waals surface area contributed by atoms with Gasteiger partial charge in [0.25, 0.3) is 0 Å². The Morgan fingerprint density at radius 3 is 2.58 bits per heavy atom. The molecule has 1 aromatic heterocycles. The van der Waals surface area contributed by atoms with Gasteiger partial charge in [-0.15, -0.1) is 0 Å². The maximum absolute atomic E-state index is 6.07. The lowest BCUT2D eigenvalue weighted by atomic mass is 10.0. The van der Waals surface area contributed by atoms with Crippen LogP contribution in [0.4, 0.5) is 11.6 Å². The predicted molar refractivity (Wildman–Crippen MR) is 82.0 cm³/mol. The number of aromatic nitrogens is 1. The summed E-state index contributed by atoms with van der Waals surface area (Å²) in [7, 11) is 0. The van der Waals surface area contributed by atoms with Crippen LogP contribution in [0.25, 0.3) is 0 Å². The molecule has 0 radical (unpaired) electrons. The number of nitrogens with one attached hydrogen (secondary N) is 1. The van der Waals surface area contributed by atoms with E-state index in [9.17, 15) is 0 Å². The molecule has 2 aromatic rings. The molecule has 3 nitrogen and oxygen atoms in total. The largest absolute Gasteiger partial charge is 0.382 e. The molecule has 0 bridgehead atoms. The number of halogens is 2. The number of hydrogen-bond acceptors (Lipinski definition) is 3. The Morgan fingerprint density at radius 2 is 1.89 bits per heavy atom. The number of hydrogen-bond donors (Lipinski definition) is 2. The molecule has 0 spiro atoms. The molecule has 0 amide bonds. The Labute approximate surface area is 122 Å². The topological polar surface area (TPSA) is 50.9 Å². The number of pyridine rings is 1. The SMILES string of the molecule is CC(CNc1nc(N)c(Cl)cc1Cl)c1ccccc1. The minimum atomic E-state index is 0.279. The summed E-state index contributed by atoms with van der Waals surface area (Å²) < 4.78 is 0. The molecule has 1 atom stereocenters. The molecule has 1 unspecified atom stereocenters. The van der Waals surface area contributed by atoms with Crippen molar-refractivity contribution in [1.82, 2.24) is 4.98 Å². The van der Waals surface area contributed by atoms with E-state index in [1.165, 1.54) is 5.56 Å². The molecule has 0 fully saturated rings. The summed E-state index contributed by atoms with van der Waals surface area (Å²) in [6.45, 7) is 2.85. The second-order valence-corrected chi connectivity index (χ2v) is 5.19. The second-order valence-electron chi connectivity index (χ2n) is 4.38. The first-order chi connectivity index (χ1) is 9.08. The van der Waals surface area contributed by atoms with Gasteiger partial charge in [0.2, 0.25) is 0 Å². The normalized spacial score (nSPS) is 12.2. The van der Waals surface area contributed by atoms with Gasteiger partial charge in [-0.2, -0.15) is 0 Å². The fraction of sp³-hybridized carbons (Fsp3) is 0.214. The number of nitrogen functional groups attached to an aromatic ring is 1. The lowest BCUT2D eigenvalue weighted by molar-refractivity contribution is 0.802. The molecule has 3 N–H and O–H groups in total. The number of nitrogens with two attached hydrogens (primary N) is 1. The maximum atomic E-state index is 6.07. The average molecular weight is 296 g/mol. The lowest BCUT2D eigenvalue weighted by Gasteiger charge is -2.14. The third-order valence-electron chi connectivity index (χ3n) is 2.90. The van der Waals surface area contributed by atoms with E-state index in [-0.39, 0.29) is 5.82 Å². The van der Waals surface area contributed by atoms with Crippen LogP contribution in [0.15, 0.2) is 36.4 Å². The van der Waals surface area contributed by atoms with Crippen molar-refractivity contribution in [2.75, 3.05) is 17.6 Å². The highest BCUT2D eigenvalue weighted by atomic mass is 35.5. The van der Waals surface area contributed by atoms with E-state index in [1.807, 2.05) is 18.2 Å². The second kappa shape index (κ2) is 6.13. The van der Waals surface area contributed by atoms with E-state index in [4.69, 9.17) is 28.9 Å². The number of benzene rings is 1. The highest BCUT2D eigenvalue weighted by Gasteiger charge is 2.09. The summed E-state index contributed by atoms with van der Waals surface area (Å²) in [5.41, 5.74) is 6.92. The molecule has 1 aromatic carbocycles. The van der Waals surface area contributed by atoms with Crippen LogP contribution in [0, 0.1) is 0 Å². The molecular weight excluding hydrogens is 281 g/mol. The van der Waals surface area contributed by atoms with Gasteiger partial charge in [-0.05, 0) is 17.5 Å². The predicted octanol–water partition coefficient (Wildman–Crippen LogP) is 4.19. The summed E-state index contributed by atoms with van der Waals surface area (Å²) in [6, 6.07) is 11.8. The Balaban J connectivity index is 2.05. The van der Waals surface area contributed by atoms with Gasteiger partial charge in [0.15, 0.2) is 0 Å². The Morgan fingerprint density at radius 1 is 1.21 bits per heavy atom. The zero-order valence-electron chi connectivity index (χ0n) is 10.5. The highest BCUT2D eigenvalue weighted by Crippen LogP contribution is 2.28. The quantitative estimate of drug-likeness (QED) is 0.889. The van der Waals surface area contributed by atoms with Gasteiger partial charge in [-0.1, -0.05) is 60.5 Å². The minimum absolute atomic E-state index is 0.279. The smallest absolute Gasteiger partial charge is 0.147 e. The molecule has 5 heteroatoms. The fourth-order valence-corrected chi connectivity index (χ4v) is 2.18. The molecule has 1 heterocycles. The van der Waals surface area contributed by atoms with Crippen molar-refractivity contribution < 1.29 is 0 Å². The van der Waals surface area contributed by atoms with Crippen LogP contribution in [0.3, 0.4) is 0 Å². The average Bonchev–Trinajstić information content (AvgIpc) is 2.42. The van der Waals surface area contributed by atoms with Crippen molar-refractivity contribution in [1.29, 1.82) is 0 Å². The highest BCUT2D eigenvalue weighted by molar-refractivity contribution is 6.37. The van der Waals surface area contributed by atoms with Crippen LogP contribution < -0.4 is 11.1 Å². The van der Waals surface area contributed by atoms with Gasteiger partial charge in [0.1, 0.15) is 11.6 Å². The van der Waals surface area contributed by atoms with E-state index in [1.54, 1.807) is 6.07 Å². The van der Waals surface area contributed by atoms with Crippen molar-refractivity contribution in [3.63, 3.8) is 0 Å². The Hall–Kier alpha value is -1.45. The van der Waals surface area contributed by atoms with Crippen molar-refractivity contribution >= 4 is 34.8 Å². The summed E-state index contributed by atoms with van der Waals surface area (Å²) in [6.07, 6.45) is 0. The van der Waals surface area contributed by atoms with Crippen molar-refractivity contribution in [3.05, 3.63) is 52.0 Å². The third kappa shape index (κ3) is 3.52. The zero-order valence-corrected chi connectivity index (χ0v) is 12.0. The Kier molecular flexibility index (Phi) is 4.51. The molecule has 0 saturated heterocycles. The van der Waals surface area contributed by atoms with Crippen LogP contribution in [0.2, 0.25) is 10.0 Å². The van der Waals surface area contributed by atoms with Crippen LogP contribution in [0.1, 0.15) is 18.4 Å². The fourth-order valence-electron chi connectivity index (χ4n) is 1.75. The van der Waals surface area contributed by atoms with Gasteiger partial charge in [0.05, 0.1) is 10.0 Å². The summed E-state index contributed by atoms with van der Waals surface area (Å²) in [4.78, 5) is 4.14. The minimum Gasteiger partial charge on any atom is -0.382 e. The third-order valence-corrected chi connectivity index (χ3v) is 3.49. The lowest BCUT2D eigenvalue weighted by Crippen LogP contribution is -2.11. The molecule has 100 valence electrons. The molecule has 0 aliphatic heterocycles. The number of anilines is 2. The van der Waals surface area contributed by atoms with Crippen molar-refractivity contribution in [2.45, 2.75) is 12.8 Å². The first-order valence-corrected chi connectivity index (χ1v) is 6.74. The van der Waals surface area contributed by atoms with Crippen LogP contribution in [-0.2, 0) is 0 Å². The van der Waals surface area contributed by atoms with E-state index in [0.29, 0.717) is 21.8 Å². The molecule has 0 aliphatic carbocycles. The van der Waals surface area contributed by atoms with Crippen LogP contribution in [0.5, 0.6) is 0 Å². The zero-order chi connectivity index (χ0) is 13.8. The maximum Gasteiger partial charge on any atom is 0.147 e. The van der Waals surface area contributed by atoms with Crippen LogP contribution in [-0.4, -0.2) is 11.5 Å². The van der Waals surface area contributed by atoms with Gasteiger partial charge in [-0.25, -0.2) is 4.98 Å². The van der Waals surface area contributed by atoms with Crippen molar-refractivity contribution in [3.8, 4) is 0 Å². The molecule has 19 heavy (non-hydrogen) atoms. The van der Waals surface area contributed by atoms with Crippen LogP contribution >= 0.6 is 23.2 Å². The molecule has 2 rings (SSSR count). The molecule has 0 saturated carbocycles. The van der Waals surface area contributed by atoms with Gasteiger partial charge in [-0.3, -0.25) is 0 Å². The summed E-state index contributed by atoms with van der Waals surface area (Å²) in [5, 5.41) is 4.04. The number of nitrogens with zero attached hydrogens (tertiary/aromatic N) is 1. The summed E-state index contributed by atoms with van der Waals surface area (Å²) >= 11 is 11.9. The van der Waals surface area contributed by atoms with Crippen molar-refractivity contribution in [2.24, 2.45) is 0 Å². The molecular formula is C14H15Cl2N3. The molecule has 0 aliphatic rings. The van der Waals surface area contributed by atoms with Gasteiger partial charge >= 0.3 is 0 Å². The Bertz CT molecular complexity index is 558. The van der Waals surface area contributed by atoms with Gasteiger partial charge in [0, 0.05) is 6.54 Å². The standard InChI is InChI=1S/C14H15Cl2N3/c1-9(10-5-3-2-4-6-10)8-18-14-12(16)7-11(15)13(17)19-14/h2-7,9H,8H2,1H3,(H3,17,18,19). The number of rotatable bonds is 4. The first-order valence-electron chi connectivity index (χ1n) is 5.98. The monoisotopic (exact) mass is 295 g/mol. The van der Waals surface area contributed by atoms with E-state index >= 15 is 0 Å². The van der Waals surface area contributed by atoms with E-state index in [2.05, 4.69) is 29.4 Å².